The number of carbonyl (C=O) groups is 1. The van der Waals surface area contributed by atoms with Crippen molar-refractivity contribution in [3.05, 3.63) is 64.5 Å². The first kappa shape index (κ1) is 20.3. The molecule has 2 aromatic heterocycles. The fourth-order valence-corrected chi connectivity index (χ4v) is 4.25. The Morgan fingerprint density at radius 1 is 1.09 bits per heavy atom. The summed E-state index contributed by atoms with van der Waals surface area (Å²) in [4.78, 5) is 31.2. The number of carbonyl (C=O) groups excluding carboxylic acids is 1. The number of hydrogen-bond acceptors (Lipinski definition) is 7. The van der Waals surface area contributed by atoms with Crippen LogP contribution in [0.2, 0.25) is 0 Å². The summed E-state index contributed by atoms with van der Waals surface area (Å²) >= 11 is 0. The summed E-state index contributed by atoms with van der Waals surface area (Å²) < 4.78 is 16.8. The van der Waals surface area contributed by atoms with Crippen LogP contribution < -0.4 is 15.3 Å². The lowest BCUT2D eigenvalue weighted by Gasteiger charge is -2.29. The van der Waals surface area contributed by atoms with Gasteiger partial charge in [-0.25, -0.2) is 4.79 Å². The van der Waals surface area contributed by atoms with E-state index in [0.717, 1.165) is 34.9 Å². The number of oxazole rings is 1. The highest BCUT2D eigenvalue weighted by atomic mass is 16.5. The van der Waals surface area contributed by atoms with Crippen LogP contribution in [0.1, 0.15) is 31.7 Å². The van der Waals surface area contributed by atoms with Crippen molar-refractivity contribution in [2.24, 2.45) is 5.92 Å². The predicted octanol–water partition coefficient (Wildman–Crippen LogP) is 4.71. The normalized spacial score (nSPS) is 14.8. The van der Waals surface area contributed by atoms with Crippen LogP contribution in [-0.2, 0) is 11.2 Å². The third kappa shape index (κ3) is 3.98. The zero-order valence-corrected chi connectivity index (χ0v) is 17.9. The summed E-state index contributed by atoms with van der Waals surface area (Å²) in [6.45, 7) is 3.39. The van der Waals surface area contributed by atoms with E-state index in [1.165, 1.54) is 6.07 Å². The molecule has 0 radical (unpaired) electrons. The maximum absolute atomic E-state index is 12.8. The third-order valence-electron chi connectivity index (χ3n) is 5.92. The van der Waals surface area contributed by atoms with Gasteiger partial charge in [0.1, 0.15) is 16.8 Å². The molecule has 0 aliphatic carbocycles. The Morgan fingerprint density at radius 2 is 1.91 bits per heavy atom. The molecule has 1 aliphatic heterocycles. The van der Waals surface area contributed by atoms with Crippen molar-refractivity contribution in [1.82, 2.24) is 4.98 Å². The minimum absolute atomic E-state index is 0.204. The van der Waals surface area contributed by atoms with Gasteiger partial charge in [-0.05, 0) is 49.1 Å². The van der Waals surface area contributed by atoms with Crippen molar-refractivity contribution in [3.8, 4) is 5.75 Å². The second-order valence-electron chi connectivity index (χ2n) is 8.15. The second kappa shape index (κ2) is 8.49. The van der Waals surface area contributed by atoms with Gasteiger partial charge in [0.2, 0.25) is 0 Å². The molecule has 2 aromatic carbocycles. The van der Waals surface area contributed by atoms with Gasteiger partial charge in [-0.3, -0.25) is 4.79 Å². The lowest BCUT2D eigenvalue weighted by Crippen LogP contribution is -2.37. The third-order valence-corrected chi connectivity index (χ3v) is 5.92. The molecule has 5 rings (SSSR count). The molecule has 0 saturated carbocycles. The number of piperidine rings is 1. The molecule has 1 saturated heterocycles. The van der Waals surface area contributed by atoms with E-state index >= 15 is 0 Å². The second-order valence-corrected chi connectivity index (χ2v) is 8.15. The van der Waals surface area contributed by atoms with Gasteiger partial charge in [-0.15, -0.1) is 0 Å². The van der Waals surface area contributed by atoms with Gasteiger partial charge in [0.05, 0.1) is 5.92 Å². The maximum Gasteiger partial charge on any atom is 0.336 e. The van der Waals surface area contributed by atoms with Gasteiger partial charge in [0, 0.05) is 30.6 Å². The highest BCUT2D eigenvalue weighted by Gasteiger charge is 2.28. The fraction of sp³-hybridized carbons (Fsp3) is 0.320. The van der Waals surface area contributed by atoms with E-state index < -0.39 is 5.63 Å². The maximum atomic E-state index is 12.8. The molecule has 0 spiro atoms. The van der Waals surface area contributed by atoms with E-state index in [4.69, 9.17) is 13.6 Å². The number of aryl methyl sites for hydroxylation is 1. The molecule has 0 amide bonds. The molecule has 1 aliphatic rings. The van der Waals surface area contributed by atoms with Crippen molar-refractivity contribution < 1.29 is 18.4 Å². The summed E-state index contributed by atoms with van der Waals surface area (Å²) in [7, 11) is 0. The number of aromatic nitrogens is 1. The molecule has 0 bridgehead atoms. The van der Waals surface area contributed by atoms with E-state index in [-0.39, 0.29) is 11.9 Å². The van der Waals surface area contributed by atoms with Gasteiger partial charge < -0.3 is 18.5 Å². The SMILES string of the molecule is CCCc1cc(=O)oc2cc(OC(=O)C3CCN(c4nc5ccccc5o4)CC3)ccc12. The topological polar surface area (TPSA) is 85.8 Å². The Kier molecular flexibility index (Phi) is 5.39. The van der Waals surface area contributed by atoms with Crippen LogP contribution >= 0.6 is 0 Å². The van der Waals surface area contributed by atoms with Crippen molar-refractivity contribution in [1.29, 1.82) is 0 Å². The van der Waals surface area contributed by atoms with Crippen molar-refractivity contribution >= 4 is 34.1 Å². The number of rotatable bonds is 5. The number of para-hydroxylation sites is 2. The zero-order chi connectivity index (χ0) is 22.1. The Morgan fingerprint density at radius 3 is 2.69 bits per heavy atom. The van der Waals surface area contributed by atoms with E-state index in [9.17, 15) is 9.59 Å². The number of fused-ring (bicyclic) bond motifs is 2. The highest BCUT2D eigenvalue weighted by Crippen LogP contribution is 2.28. The summed E-state index contributed by atoms with van der Waals surface area (Å²) in [6.07, 6.45) is 3.03. The van der Waals surface area contributed by atoms with E-state index in [1.807, 2.05) is 30.3 Å². The minimum atomic E-state index is -0.393. The van der Waals surface area contributed by atoms with Crippen LogP contribution in [0.4, 0.5) is 6.01 Å². The van der Waals surface area contributed by atoms with Gasteiger partial charge in [0.25, 0.3) is 6.01 Å². The van der Waals surface area contributed by atoms with Gasteiger partial charge in [-0.2, -0.15) is 4.98 Å². The molecule has 7 nitrogen and oxygen atoms in total. The average molecular weight is 432 g/mol. The Hall–Kier alpha value is -3.61. The quantitative estimate of drug-likeness (QED) is 0.256. The first-order valence-corrected chi connectivity index (χ1v) is 11.0. The highest BCUT2D eigenvalue weighted by molar-refractivity contribution is 5.83. The summed E-state index contributed by atoms with van der Waals surface area (Å²) in [5.74, 6) is -0.0842. The lowest BCUT2D eigenvalue weighted by molar-refractivity contribution is -0.139. The smallest absolute Gasteiger partial charge is 0.336 e. The number of nitrogens with zero attached hydrogens (tertiary/aromatic N) is 2. The molecular weight excluding hydrogens is 408 g/mol. The number of hydrogen-bond donors (Lipinski definition) is 0. The van der Waals surface area contributed by atoms with Crippen molar-refractivity contribution in [2.45, 2.75) is 32.6 Å². The summed E-state index contributed by atoms with van der Waals surface area (Å²) in [5.41, 5.74) is 2.58. The van der Waals surface area contributed by atoms with Gasteiger partial charge in [-0.1, -0.05) is 25.5 Å². The van der Waals surface area contributed by atoms with E-state index in [1.54, 1.807) is 12.1 Å². The predicted molar refractivity (Wildman–Crippen MR) is 121 cm³/mol. The van der Waals surface area contributed by atoms with Crippen LogP contribution in [0.15, 0.2) is 62.2 Å². The minimum Gasteiger partial charge on any atom is -0.426 e. The summed E-state index contributed by atoms with van der Waals surface area (Å²) in [5, 5.41) is 0.873. The fourth-order valence-electron chi connectivity index (χ4n) is 4.25. The van der Waals surface area contributed by atoms with E-state index in [2.05, 4.69) is 16.8 Å². The van der Waals surface area contributed by atoms with Gasteiger partial charge >= 0.3 is 11.6 Å². The molecule has 0 N–H and O–H groups in total. The first-order chi connectivity index (χ1) is 15.6. The van der Waals surface area contributed by atoms with Crippen molar-refractivity contribution in [2.75, 3.05) is 18.0 Å². The molecular formula is C25H24N2O5. The lowest BCUT2D eigenvalue weighted by atomic mass is 9.97. The van der Waals surface area contributed by atoms with Crippen LogP contribution in [0.25, 0.3) is 22.1 Å². The van der Waals surface area contributed by atoms with Crippen LogP contribution in [0.3, 0.4) is 0 Å². The molecule has 4 aromatic rings. The number of benzene rings is 2. The molecule has 7 heteroatoms. The Labute approximate surface area is 184 Å². The standard InChI is InChI=1S/C25H24N2O5/c1-2-5-17-14-23(28)31-22-15-18(8-9-19(17)22)30-24(29)16-10-12-27(13-11-16)25-26-20-6-3-4-7-21(20)32-25/h3-4,6-9,14-16H,2,5,10-13H2,1H3. The molecule has 164 valence electrons. The first-order valence-electron chi connectivity index (χ1n) is 11.0. The molecule has 32 heavy (non-hydrogen) atoms. The van der Waals surface area contributed by atoms with Crippen LogP contribution in [0, 0.1) is 5.92 Å². The molecule has 0 unspecified atom stereocenters. The Balaban J connectivity index is 1.25. The Bertz CT molecular complexity index is 1300. The van der Waals surface area contributed by atoms with Crippen molar-refractivity contribution in [3.63, 3.8) is 0 Å². The molecule has 0 atom stereocenters. The molecule has 1 fully saturated rings. The average Bonchev–Trinajstić information content (AvgIpc) is 3.23. The van der Waals surface area contributed by atoms with Gasteiger partial charge in [0.15, 0.2) is 5.58 Å². The molecule has 3 heterocycles. The van der Waals surface area contributed by atoms with Crippen LogP contribution in [0.5, 0.6) is 5.75 Å². The number of anilines is 1. The van der Waals surface area contributed by atoms with E-state index in [0.29, 0.717) is 43.3 Å². The zero-order valence-electron chi connectivity index (χ0n) is 17.9. The summed E-state index contributed by atoms with van der Waals surface area (Å²) in [6, 6.07) is 15.0. The van der Waals surface area contributed by atoms with Crippen LogP contribution in [-0.4, -0.2) is 24.0 Å². The monoisotopic (exact) mass is 432 g/mol. The number of ether oxygens (including phenoxy) is 1. The largest absolute Gasteiger partial charge is 0.426 e. The number of esters is 1.